The van der Waals surface area contributed by atoms with E-state index in [4.69, 9.17) is 15.2 Å². The Kier molecular flexibility index (Phi) is 5.14. The van der Waals surface area contributed by atoms with Gasteiger partial charge in [-0.05, 0) is 18.6 Å². The number of amides is 1. The highest BCUT2D eigenvalue weighted by molar-refractivity contribution is 5.96. The van der Waals surface area contributed by atoms with Crippen molar-refractivity contribution >= 4 is 5.91 Å². The third kappa shape index (κ3) is 3.39. The minimum Gasteiger partial charge on any atom is -0.493 e. The zero-order valence-electron chi connectivity index (χ0n) is 12.8. The van der Waals surface area contributed by atoms with Crippen LogP contribution in [0.2, 0.25) is 0 Å². The van der Waals surface area contributed by atoms with Crippen molar-refractivity contribution in [3.63, 3.8) is 0 Å². The Morgan fingerprint density at radius 1 is 1.35 bits per heavy atom. The largest absolute Gasteiger partial charge is 0.493 e. The fraction of sp³-hybridized carbons (Fsp3) is 0.188. The number of methoxy groups -OCH3 is 1. The molecule has 1 aromatic carbocycles. The first-order valence-corrected chi connectivity index (χ1v) is 6.88. The summed E-state index contributed by atoms with van der Waals surface area (Å²) in [5.74, 6) is 0.449. The fourth-order valence-electron chi connectivity index (χ4n) is 2.17. The highest BCUT2D eigenvalue weighted by atomic mass is 16.5. The van der Waals surface area contributed by atoms with Crippen LogP contribution in [0.5, 0.6) is 11.5 Å². The van der Waals surface area contributed by atoms with Gasteiger partial charge in [-0.2, -0.15) is 15.4 Å². The van der Waals surface area contributed by atoms with Gasteiger partial charge in [-0.25, -0.2) is 0 Å². The number of rotatable bonds is 8. The van der Waals surface area contributed by atoms with E-state index in [1.165, 1.54) is 7.11 Å². The molecule has 23 heavy (non-hydrogen) atoms. The average molecular weight is 314 g/mol. The van der Waals surface area contributed by atoms with Gasteiger partial charge in [0, 0.05) is 11.1 Å². The lowest BCUT2D eigenvalue weighted by atomic mass is 10.0. The molecule has 120 valence electrons. The number of aromatic amines is 1. The van der Waals surface area contributed by atoms with Crippen LogP contribution in [0.15, 0.2) is 37.4 Å². The molecule has 7 nitrogen and oxygen atoms in total. The fourth-order valence-corrected chi connectivity index (χ4v) is 2.17. The summed E-state index contributed by atoms with van der Waals surface area (Å²) >= 11 is 0. The number of hydrogen-bond acceptors (Lipinski definition) is 5. The topological polar surface area (TPSA) is 103 Å². The van der Waals surface area contributed by atoms with Gasteiger partial charge >= 0.3 is 0 Å². The molecule has 0 saturated carbocycles. The Morgan fingerprint density at radius 2 is 2.13 bits per heavy atom. The molecule has 0 radical (unpaired) electrons. The number of primary amides is 1. The summed E-state index contributed by atoms with van der Waals surface area (Å²) in [7, 11) is 1.54. The molecule has 7 heteroatoms. The number of carbonyl (C=O) groups is 1. The van der Waals surface area contributed by atoms with Gasteiger partial charge < -0.3 is 15.2 Å². The normalized spacial score (nSPS) is 10.1. The van der Waals surface area contributed by atoms with E-state index < -0.39 is 5.91 Å². The number of nitrogens with two attached hydrogens (primary N) is 1. The predicted molar refractivity (Wildman–Crippen MR) is 86.5 cm³/mol. The second-order valence-corrected chi connectivity index (χ2v) is 4.64. The zero-order chi connectivity index (χ0) is 16.8. The lowest BCUT2D eigenvalue weighted by Gasteiger charge is -2.15. The molecule has 0 atom stereocenters. The second kappa shape index (κ2) is 7.26. The van der Waals surface area contributed by atoms with Crippen LogP contribution >= 0.6 is 0 Å². The van der Waals surface area contributed by atoms with Gasteiger partial charge in [-0.15, -0.1) is 6.58 Å². The van der Waals surface area contributed by atoms with E-state index in [9.17, 15) is 4.79 Å². The molecule has 1 amide bonds. The number of nitrogens with zero attached hydrogens (tertiary/aromatic N) is 2. The first kappa shape index (κ1) is 16.3. The van der Waals surface area contributed by atoms with Crippen molar-refractivity contribution in [2.75, 3.05) is 13.7 Å². The Balaban J connectivity index is 2.59. The minimum atomic E-state index is -0.662. The number of ether oxygens (including phenoxy) is 2. The van der Waals surface area contributed by atoms with Gasteiger partial charge in [0.25, 0.3) is 5.91 Å². The molecule has 2 rings (SSSR count). The van der Waals surface area contributed by atoms with Gasteiger partial charge in [0.15, 0.2) is 17.2 Å². The van der Waals surface area contributed by atoms with E-state index in [1.54, 1.807) is 18.2 Å². The van der Waals surface area contributed by atoms with Gasteiger partial charge in [0.05, 0.1) is 7.11 Å². The summed E-state index contributed by atoms with van der Waals surface area (Å²) in [4.78, 5) is 11.4. The molecular formula is C16H18N4O3. The lowest BCUT2D eigenvalue weighted by Crippen LogP contribution is -2.13. The molecular weight excluding hydrogens is 296 g/mol. The molecule has 0 saturated heterocycles. The van der Waals surface area contributed by atoms with Crippen molar-refractivity contribution in [1.29, 1.82) is 0 Å². The van der Waals surface area contributed by atoms with Crippen molar-refractivity contribution in [3.8, 4) is 22.8 Å². The molecule has 0 bridgehead atoms. The third-order valence-electron chi connectivity index (χ3n) is 3.12. The quantitative estimate of drug-likeness (QED) is 0.724. The number of H-pyrrole nitrogens is 1. The first-order chi connectivity index (χ1) is 11.1. The van der Waals surface area contributed by atoms with Gasteiger partial charge in [0.2, 0.25) is 0 Å². The summed E-state index contributed by atoms with van der Waals surface area (Å²) in [6, 6.07) is 3.56. The second-order valence-electron chi connectivity index (χ2n) is 4.64. The minimum absolute atomic E-state index is 0.0661. The van der Waals surface area contributed by atoms with Crippen LogP contribution in [0.4, 0.5) is 0 Å². The lowest BCUT2D eigenvalue weighted by molar-refractivity contribution is 0.0996. The van der Waals surface area contributed by atoms with Gasteiger partial charge in [-0.1, -0.05) is 18.7 Å². The Labute approximate surface area is 133 Å². The average Bonchev–Trinajstić information content (AvgIpc) is 3.03. The summed E-state index contributed by atoms with van der Waals surface area (Å²) < 4.78 is 11.1. The third-order valence-corrected chi connectivity index (χ3v) is 3.12. The van der Waals surface area contributed by atoms with Gasteiger partial charge in [0.1, 0.15) is 12.3 Å². The molecule has 1 aromatic heterocycles. The zero-order valence-corrected chi connectivity index (χ0v) is 12.8. The maximum Gasteiger partial charge on any atom is 0.271 e. The molecule has 0 fully saturated rings. The first-order valence-electron chi connectivity index (χ1n) is 6.88. The van der Waals surface area contributed by atoms with Crippen LogP contribution in [0.25, 0.3) is 11.3 Å². The van der Waals surface area contributed by atoms with Crippen LogP contribution in [0, 0.1) is 0 Å². The molecule has 0 aliphatic heterocycles. The van der Waals surface area contributed by atoms with Crippen LogP contribution < -0.4 is 15.2 Å². The van der Waals surface area contributed by atoms with Crippen molar-refractivity contribution < 1.29 is 14.3 Å². The summed E-state index contributed by atoms with van der Waals surface area (Å²) in [5.41, 5.74) is 7.23. The predicted octanol–water partition coefficient (Wildman–Crippen LogP) is 1.87. The van der Waals surface area contributed by atoms with E-state index in [-0.39, 0.29) is 5.69 Å². The monoisotopic (exact) mass is 314 g/mol. The molecule has 3 N–H and O–H groups in total. The Morgan fingerprint density at radius 3 is 2.74 bits per heavy atom. The van der Waals surface area contributed by atoms with E-state index in [0.29, 0.717) is 35.8 Å². The van der Waals surface area contributed by atoms with Crippen molar-refractivity contribution in [2.45, 2.75) is 6.42 Å². The number of hydrogen-bond donors (Lipinski definition) is 2. The maximum atomic E-state index is 11.4. The Bertz CT molecular complexity index is 737. The van der Waals surface area contributed by atoms with Crippen LogP contribution in [-0.2, 0) is 6.42 Å². The van der Waals surface area contributed by atoms with E-state index in [1.807, 2.05) is 6.07 Å². The molecule has 2 aromatic rings. The van der Waals surface area contributed by atoms with Crippen LogP contribution in [-0.4, -0.2) is 35.0 Å². The van der Waals surface area contributed by atoms with Crippen LogP contribution in [0.1, 0.15) is 16.1 Å². The summed E-state index contributed by atoms with van der Waals surface area (Å²) in [5, 5.41) is 10.2. The molecule has 0 aliphatic carbocycles. The molecule has 0 unspecified atom stereocenters. The smallest absolute Gasteiger partial charge is 0.271 e. The highest BCUT2D eigenvalue weighted by Gasteiger charge is 2.19. The Hall–Kier alpha value is -3.09. The summed E-state index contributed by atoms with van der Waals surface area (Å²) in [6.45, 7) is 7.73. The highest BCUT2D eigenvalue weighted by Crippen LogP contribution is 2.37. The number of benzene rings is 1. The number of carbonyl (C=O) groups excluding carboxylic acids is 1. The van der Waals surface area contributed by atoms with Gasteiger partial charge in [-0.3, -0.25) is 4.79 Å². The summed E-state index contributed by atoms with van der Waals surface area (Å²) in [6.07, 6.45) is 3.95. The number of allylic oxidation sites excluding steroid dienone is 1. The molecule has 0 aliphatic rings. The van der Waals surface area contributed by atoms with Crippen molar-refractivity contribution in [3.05, 3.63) is 48.7 Å². The SMILES string of the molecule is C=CCOc1c(CC=C)cc(-c2n[nH]nc2C(N)=O)cc1OC. The van der Waals surface area contributed by atoms with Crippen molar-refractivity contribution in [1.82, 2.24) is 15.4 Å². The maximum absolute atomic E-state index is 11.4. The van der Waals surface area contributed by atoms with Crippen molar-refractivity contribution in [2.24, 2.45) is 5.73 Å². The standard InChI is InChI=1S/C16H18N4O3/c1-4-6-10-8-11(13-14(16(17)21)19-20-18-13)9-12(22-3)15(10)23-7-5-2/h4-5,8-9H,1-2,6-7H2,3H3,(H2,17,21)(H,18,19,20). The molecule has 1 heterocycles. The van der Waals surface area contributed by atoms with E-state index in [2.05, 4.69) is 28.6 Å². The number of nitrogens with one attached hydrogen (secondary N) is 1. The number of aromatic nitrogens is 3. The van der Waals surface area contributed by atoms with E-state index in [0.717, 1.165) is 5.56 Å². The van der Waals surface area contributed by atoms with E-state index >= 15 is 0 Å². The van der Waals surface area contributed by atoms with Crippen LogP contribution in [0.3, 0.4) is 0 Å². The molecule has 0 spiro atoms.